The third-order valence-corrected chi connectivity index (χ3v) is 1.94. The van der Waals surface area contributed by atoms with E-state index in [-0.39, 0.29) is 6.09 Å². The van der Waals surface area contributed by atoms with Crippen molar-refractivity contribution in [2.24, 2.45) is 5.92 Å². The summed E-state index contributed by atoms with van der Waals surface area (Å²) in [5.41, 5.74) is -0.393. The van der Waals surface area contributed by atoms with E-state index >= 15 is 0 Å². The van der Waals surface area contributed by atoms with Gasteiger partial charge in [0.15, 0.2) is 0 Å². The van der Waals surface area contributed by atoms with Crippen LogP contribution in [0, 0.1) is 12.8 Å². The predicted molar refractivity (Wildman–Crippen MR) is 51.3 cm³/mol. The minimum Gasteiger partial charge on any atom is -0.444 e. The topological polar surface area (TPSA) is 29.5 Å². The Morgan fingerprint density at radius 3 is 2.54 bits per heavy atom. The highest BCUT2D eigenvalue weighted by atomic mass is 16.6. The van der Waals surface area contributed by atoms with Gasteiger partial charge in [0.1, 0.15) is 5.60 Å². The Labute approximate surface area is 80.1 Å². The van der Waals surface area contributed by atoms with Gasteiger partial charge >= 0.3 is 6.09 Å². The van der Waals surface area contributed by atoms with Crippen molar-refractivity contribution in [3.63, 3.8) is 0 Å². The van der Waals surface area contributed by atoms with Crippen molar-refractivity contribution in [1.29, 1.82) is 0 Å². The summed E-state index contributed by atoms with van der Waals surface area (Å²) < 4.78 is 5.23. The third kappa shape index (κ3) is 3.25. The van der Waals surface area contributed by atoms with Crippen molar-refractivity contribution in [3.8, 4) is 0 Å². The monoisotopic (exact) mass is 184 g/mol. The number of carbonyl (C=O) groups is 1. The first-order valence-electron chi connectivity index (χ1n) is 4.69. The molecule has 1 aliphatic rings. The second kappa shape index (κ2) is 3.56. The van der Waals surface area contributed by atoms with E-state index in [2.05, 4.69) is 6.92 Å². The fourth-order valence-corrected chi connectivity index (χ4v) is 1.32. The lowest BCUT2D eigenvalue weighted by molar-refractivity contribution is 0.0291. The van der Waals surface area contributed by atoms with Crippen molar-refractivity contribution < 1.29 is 9.53 Å². The number of ether oxygens (including phenoxy) is 1. The van der Waals surface area contributed by atoms with E-state index in [1.54, 1.807) is 4.90 Å². The molecule has 0 spiro atoms. The highest BCUT2D eigenvalue weighted by Crippen LogP contribution is 2.18. The lowest BCUT2D eigenvalue weighted by Crippen LogP contribution is -2.35. The van der Waals surface area contributed by atoms with Gasteiger partial charge in [-0.05, 0) is 40.0 Å². The number of nitrogens with zero attached hydrogens (tertiary/aromatic N) is 1. The second-order valence-electron chi connectivity index (χ2n) is 4.58. The molecule has 1 atom stereocenters. The van der Waals surface area contributed by atoms with E-state index in [9.17, 15) is 4.79 Å². The van der Waals surface area contributed by atoms with Crippen LogP contribution >= 0.6 is 0 Å². The zero-order chi connectivity index (χ0) is 10.1. The van der Waals surface area contributed by atoms with Gasteiger partial charge in [0, 0.05) is 13.1 Å². The SMILES string of the molecule is [CH2][C@@H]1CCN(C(=O)OC(C)(C)C)C1. The van der Waals surface area contributed by atoms with Gasteiger partial charge in [-0.3, -0.25) is 0 Å². The zero-order valence-corrected chi connectivity index (χ0v) is 8.67. The molecule has 3 heteroatoms. The predicted octanol–water partition coefficient (Wildman–Crippen LogP) is 2.08. The number of hydrogen-bond acceptors (Lipinski definition) is 2. The van der Waals surface area contributed by atoms with E-state index < -0.39 is 5.60 Å². The van der Waals surface area contributed by atoms with Crippen LogP contribution in [0.1, 0.15) is 27.2 Å². The maximum Gasteiger partial charge on any atom is 0.410 e. The number of hydrogen-bond donors (Lipinski definition) is 0. The van der Waals surface area contributed by atoms with E-state index in [4.69, 9.17) is 4.74 Å². The fraction of sp³-hybridized carbons (Fsp3) is 0.800. The molecule has 1 heterocycles. The summed E-state index contributed by atoms with van der Waals surface area (Å²) in [6.07, 6.45) is 0.776. The van der Waals surface area contributed by atoms with Gasteiger partial charge in [-0.2, -0.15) is 0 Å². The van der Waals surface area contributed by atoms with Gasteiger partial charge < -0.3 is 9.64 Å². The Morgan fingerprint density at radius 1 is 1.54 bits per heavy atom. The number of carbonyl (C=O) groups excluding carboxylic acids is 1. The molecule has 1 radical (unpaired) electrons. The van der Waals surface area contributed by atoms with Gasteiger partial charge in [-0.1, -0.05) is 0 Å². The van der Waals surface area contributed by atoms with E-state index in [0.29, 0.717) is 5.92 Å². The molecule has 1 amide bonds. The quantitative estimate of drug-likeness (QED) is 0.577. The van der Waals surface area contributed by atoms with E-state index in [0.717, 1.165) is 19.5 Å². The molecule has 0 aromatic carbocycles. The van der Waals surface area contributed by atoms with Crippen LogP contribution in [0.4, 0.5) is 4.79 Å². The van der Waals surface area contributed by atoms with Crippen LogP contribution in [0.5, 0.6) is 0 Å². The average molecular weight is 184 g/mol. The Balaban J connectivity index is 2.41. The molecule has 1 fully saturated rings. The largest absolute Gasteiger partial charge is 0.444 e. The first-order valence-corrected chi connectivity index (χ1v) is 4.69. The molecule has 1 aliphatic heterocycles. The average Bonchev–Trinajstić information content (AvgIpc) is 2.31. The number of rotatable bonds is 0. The maximum atomic E-state index is 11.5. The summed E-state index contributed by atoms with van der Waals surface area (Å²) >= 11 is 0. The van der Waals surface area contributed by atoms with Gasteiger partial charge in [0.25, 0.3) is 0 Å². The van der Waals surface area contributed by atoms with Crippen molar-refractivity contribution >= 4 is 6.09 Å². The Hall–Kier alpha value is -0.730. The Kier molecular flexibility index (Phi) is 2.84. The van der Waals surface area contributed by atoms with Crippen LogP contribution in [0.3, 0.4) is 0 Å². The Morgan fingerprint density at radius 2 is 2.15 bits per heavy atom. The number of amides is 1. The molecule has 0 N–H and O–H groups in total. The molecular weight excluding hydrogens is 166 g/mol. The molecule has 1 rings (SSSR count). The summed E-state index contributed by atoms with van der Waals surface area (Å²) in [5, 5.41) is 0. The summed E-state index contributed by atoms with van der Waals surface area (Å²) in [5.74, 6) is 0.368. The molecular formula is C10H18NO2. The minimum atomic E-state index is -0.393. The molecule has 0 saturated carbocycles. The van der Waals surface area contributed by atoms with Crippen LogP contribution in [0.15, 0.2) is 0 Å². The minimum absolute atomic E-state index is 0.210. The van der Waals surface area contributed by atoms with E-state index in [1.165, 1.54) is 0 Å². The van der Waals surface area contributed by atoms with Gasteiger partial charge in [-0.25, -0.2) is 4.79 Å². The lowest BCUT2D eigenvalue weighted by atomic mass is 10.2. The van der Waals surface area contributed by atoms with Crippen LogP contribution < -0.4 is 0 Å². The normalized spacial score (nSPS) is 23.4. The molecule has 0 aromatic heterocycles. The molecule has 13 heavy (non-hydrogen) atoms. The van der Waals surface area contributed by atoms with Gasteiger partial charge in [0.2, 0.25) is 0 Å². The third-order valence-electron chi connectivity index (χ3n) is 1.94. The molecule has 75 valence electrons. The second-order valence-corrected chi connectivity index (χ2v) is 4.58. The van der Waals surface area contributed by atoms with Crippen molar-refractivity contribution in [2.75, 3.05) is 13.1 Å². The Bertz CT molecular complexity index is 196. The van der Waals surface area contributed by atoms with Crippen LogP contribution in [-0.2, 0) is 4.74 Å². The first-order chi connectivity index (χ1) is 5.88. The number of likely N-dealkylation sites (tertiary alicyclic amines) is 1. The van der Waals surface area contributed by atoms with Gasteiger partial charge in [0.05, 0.1) is 0 Å². The highest BCUT2D eigenvalue weighted by Gasteiger charge is 2.27. The van der Waals surface area contributed by atoms with Crippen molar-refractivity contribution in [2.45, 2.75) is 32.8 Å². The van der Waals surface area contributed by atoms with E-state index in [1.807, 2.05) is 20.8 Å². The highest BCUT2D eigenvalue weighted by molar-refractivity contribution is 5.68. The molecule has 0 aromatic rings. The maximum absolute atomic E-state index is 11.5. The smallest absolute Gasteiger partial charge is 0.410 e. The molecule has 1 saturated heterocycles. The summed E-state index contributed by atoms with van der Waals surface area (Å²) in [6.45, 7) is 11.1. The molecule has 0 bridgehead atoms. The van der Waals surface area contributed by atoms with Crippen molar-refractivity contribution in [1.82, 2.24) is 4.90 Å². The molecule has 0 aliphatic carbocycles. The van der Waals surface area contributed by atoms with Crippen LogP contribution in [0.25, 0.3) is 0 Å². The van der Waals surface area contributed by atoms with Crippen LogP contribution in [-0.4, -0.2) is 29.7 Å². The standard InChI is InChI=1S/C10H18NO2/c1-8-5-6-11(7-8)9(12)13-10(2,3)4/h8H,1,5-7H2,2-4H3/t8-/m1/s1. The van der Waals surface area contributed by atoms with Crippen molar-refractivity contribution in [3.05, 3.63) is 6.92 Å². The van der Waals surface area contributed by atoms with Crippen LogP contribution in [0.2, 0.25) is 0 Å². The summed E-state index contributed by atoms with van der Waals surface area (Å²) in [7, 11) is 0. The molecule has 0 unspecified atom stereocenters. The summed E-state index contributed by atoms with van der Waals surface area (Å²) in [4.78, 5) is 13.2. The fourth-order valence-electron chi connectivity index (χ4n) is 1.32. The lowest BCUT2D eigenvalue weighted by Gasteiger charge is -2.24. The zero-order valence-electron chi connectivity index (χ0n) is 8.67. The first kappa shape index (κ1) is 10.4. The molecule has 3 nitrogen and oxygen atoms in total. The van der Waals surface area contributed by atoms with Gasteiger partial charge in [-0.15, -0.1) is 0 Å². The summed E-state index contributed by atoms with van der Waals surface area (Å²) in [6, 6.07) is 0.